The molecule has 1 N–H and O–H groups in total. The molecule has 0 aromatic heterocycles. The van der Waals surface area contributed by atoms with Crippen molar-refractivity contribution in [3.63, 3.8) is 0 Å². The molecule has 0 aliphatic rings. The van der Waals surface area contributed by atoms with Crippen LogP contribution in [-0.2, 0) is 9.53 Å². The van der Waals surface area contributed by atoms with Crippen LogP contribution in [0.1, 0.15) is 22.8 Å². The molecule has 120 valence electrons. The summed E-state index contributed by atoms with van der Waals surface area (Å²) in [7, 11) is 0. The largest absolute Gasteiger partial charge is 0.462 e. The van der Waals surface area contributed by atoms with Gasteiger partial charge in [0, 0.05) is 23.0 Å². The number of anilines is 1. The van der Waals surface area contributed by atoms with Gasteiger partial charge in [0.05, 0.1) is 6.61 Å². The number of nitriles is 1. The lowest BCUT2D eigenvalue weighted by molar-refractivity contribution is -0.138. The number of benzene rings is 2. The molecule has 0 heterocycles. The van der Waals surface area contributed by atoms with Crippen molar-refractivity contribution in [2.24, 2.45) is 0 Å². The first-order chi connectivity index (χ1) is 11.7. The first kappa shape index (κ1) is 17.0. The molecule has 2 rings (SSSR count). The summed E-state index contributed by atoms with van der Waals surface area (Å²) < 4.78 is 4.79. The Morgan fingerprint density at radius 2 is 1.79 bits per heavy atom. The van der Waals surface area contributed by atoms with Gasteiger partial charge in [-0.25, -0.2) is 4.79 Å². The molecule has 2 aromatic carbocycles. The highest BCUT2D eigenvalue weighted by Gasteiger charge is 2.14. The minimum Gasteiger partial charge on any atom is -0.462 e. The maximum Gasteiger partial charge on any atom is 0.350 e. The van der Waals surface area contributed by atoms with Crippen LogP contribution < -0.4 is 5.32 Å². The Kier molecular flexibility index (Phi) is 5.87. The molecule has 0 aliphatic carbocycles. The molecule has 0 unspecified atom stereocenters. The number of carbonyl (C=O) groups is 2. The van der Waals surface area contributed by atoms with Crippen LogP contribution >= 0.6 is 0 Å². The van der Waals surface area contributed by atoms with Crippen LogP contribution in [0.2, 0.25) is 0 Å². The molecule has 0 saturated carbocycles. The van der Waals surface area contributed by atoms with Gasteiger partial charge in [-0.2, -0.15) is 5.26 Å². The van der Waals surface area contributed by atoms with Crippen LogP contribution in [0.15, 0.2) is 66.4 Å². The SMILES string of the molecule is CCOC(=O)C(C#N)=CNc1ccccc1C(=O)c1ccccc1. The lowest BCUT2D eigenvalue weighted by atomic mass is 10.0. The van der Waals surface area contributed by atoms with Gasteiger partial charge in [0.2, 0.25) is 0 Å². The smallest absolute Gasteiger partial charge is 0.350 e. The topological polar surface area (TPSA) is 79.2 Å². The van der Waals surface area contributed by atoms with Crippen molar-refractivity contribution >= 4 is 17.4 Å². The first-order valence-corrected chi connectivity index (χ1v) is 7.40. The number of hydrogen-bond donors (Lipinski definition) is 1. The molecule has 0 fully saturated rings. The van der Waals surface area contributed by atoms with E-state index in [2.05, 4.69) is 5.32 Å². The van der Waals surface area contributed by atoms with Gasteiger partial charge >= 0.3 is 5.97 Å². The van der Waals surface area contributed by atoms with Gasteiger partial charge in [0.15, 0.2) is 11.4 Å². The summed E-state index contributed by atoms with van der Waals surface area (Å²) in [6, 6.07) is 17.5. The Hall–Kier alpha value is -3.39. The lowest BCUT2D eigenvalue weighted by Gasteiger charge is -2.09. The third-order valence-corrected chi connectivity index (χ3v) is 3.20. The van der Waals surface area contributed by atoms with Gasteiger partial charge in [-0.1, -0.05) is 42.5 Å². The number of rotatable bonds is 6. The van der Waals surface area contributed by atoms with Crippen molar-refractivity contribution in [2.75, 3.05) is 11.9 Å². The summed E-state index contributed by atoms with van der Waals surface area (Å²) in [4.78, 5) is 24.2. The zero-order valence-corrected chi connectivity index (χ0v) is 13.2. The molecule has 0 bridgehead atoms. The van der Waals surface area contributed by atoms with E-state index in [4.69, 9.17) is 10.00 Å². The van der Waals surface area contributed by atoms with Gasteiger partial charge in [0.1, 0.15) is 6.07 Å². The van der Waals surface area contributed by atoms with Crippen LogP contribution in [0.4, 0.5) is 5.69 Å². The van der Waals surface area contributed by atoms with E-state index in [1.165, 1.54) is 6.20 Å². The van der Waals surface area contributed by atoms with Crippen molar-refractivity contribution in [1.82, 2.24) is 0 Å². The molecule has 2 aromatic rings. The standard InChI is InChI=1S/C19H16N2O3/c1-2-24-19(23)15(12-20)13-21-17-11-7-6-10-16(17)18(22)14-8-4-3-5-9-14/h3-11,13,21H,2H2,1H3. The van der Waals surface area contributed by atoms with Crippen LogP contribution in [0, 0.1) is 11.3 Å². The van der Waals surface area contributed by atoms with E-state index in [9.17, 15) is 9.59 Å². The van der Waals surface area contributed by atoms with Crippen LogP contribution in [0.3, 0.4) is 0 Å². The van der Waals surface area contributed by atoms with Crippen molar-refractivity contribution in [2.45, 2.75) is 6.92 Å². The number of para-hydroxylation sites is 1. The minimum absolute atomic E-state index is 0.151. The Morgan fingerprint density at radius 1 is 1.12 bits per heavy atom. The number of hydrogen-bond acceptors (Lipinski definition) is 5. The third kappa shape index (κ3) is 4.08. The Labute approximate surface area is 140 Å². The molecule has 24 heavy (non-hydrogen) atoms. The molecule has 0 amide bonds. The van der Waals surface area contributed by atoms with E-state index in [-0.39, 0.29) is 18.0 Å². The third-order valence-electron chi connectivity index (χ3n) is 3.20. The predicted octanol–water partition coefficient (Wildman–Crippen LogP) is 3.30. The summed E-state index contributed by atoms with van der Waals surface area (Å²) in [5.74, 6) is -0.860. The Morgan fingerprint density at radius 3 is 2.46 bits per heavy atom. The lowest BCUT2D eigenvalue weighted by Crippen LogP contribution is -2.09. The summed E-state index contributed by atoms with van der Waals surface area (Å²) in [6.07, 6.45) is 1.25. The summed E-state index contributed by atoms with van der Waals surface area (Å²) in [5.41, 5.74) is 1.34. The number of ether oxygens (including phenoxy) is 1. The fraction of sp³-hybridized carbons (Fsp3) is 0.105. The highest BCUT2D eigenvalue weighted by molar-refractivity contribution is 6.12. The highest BCUT2D eigenvalue weighted by atomic mass is 16.5. The molecule has 0 saturated heterocycles. The van der Waals surface area contributed by atoms with Gasteiger partial charge in [0.25, 0.3) is 0 Å². The van der Waals surface area contributed by atoms with E-state index in [1.54, 1.807) is 61.5 Å². The molecule has 0 spiro atoms. The van der Waals surface area contributed by atoms with Crippen molar-refractivity contribution in [3.8, 4) is 6.07 Å². The van der Waals surface area contributed by atoms with E-state index in [0.717, 1.165) is 0 Å². The molecule has 5 nitrogen and oxygen atoms in total. The normalized spacial score (nSPS) is 10.6. The quantitative estimate of drug-likeness (QED) is 0.382. The molecular formula is C19H16N2O3. The van der Waals surface area contributed by atoms with Crippen molar-refractivity contribution < 1.29 is 14.3 Å². The maximum absolute atomic E-state index is 12.6. The second-order valence-corrected chi connectivity index (χ2v) is 4.78. The average Bonchev–Trinajstić information content (AvgIpc) is 2.63. The number of esters is 1. The molecule has 0 aliphatic heterocycles. The van der Waals surface area contributed by atoms with Crippen LogP contribution in [-0.4, -0.2) is 18.4 Å². The number of nitrogens with one attached hydrogen (secondary N) is 1. The summed E-state index contributed by atoms with van der Waals surface area (Å²) in [5, 5.41) is 11.9. The van der Waals surface area contributed by atoms with Crippen molar-refractivity contribution in [1.29, 1.82) is 5.26 Å². The van der Waals surface area contributed by atoms with Gasteiger partial charge < -0.3 is 10.1 Å². The fourth-order valence-corrected chi connectivity index (χ4v) is 2.05. The number of nitrogens with zero attached hydrogens (tertiary/aromatic N) is 1. The highest BCUT2D eigenvalue weighted by Crippen LogP contribution is 2.19. The minimum atomic E-state index is -0.709. The molecule has 0 radical (unpaired) electrons. The van der Waals surface area contributed by atoms with E-state index in [0.29, 0.717) is 16.8 Å². The zero-order chi connectivity index (χ0) is 17.4. The Bertz CT molecular complexity index is 805. The fourth-order valence-electron chi connectivity index (χ4n) is 2.05. The Balaban J connectivity index is 2.28. The zero-order valence-electron chi connectivity index (χ0n) is 13.2. The van der Waals surface area contributed by atoms with Gasteiger partial charge in [-0.05, 0) is 19.1 Å². The van der Waals surface area contributed by atoms with E-state index in [1.807, 2.05) is 6.07 Å². The first-order valence-electron chi connectivity index (χ1n) is 7.40. The monoisotopic (exact) mass is 320 g/mol. The summed E-state index contributed by atoms with van der Waals surface area (Å²) >= 11 is 0. The number of ketones is 1. The average molecular weight is 320 g/mol. The van der Waals surface area contributed by atoms with Gasteiger partial charge in [-0.3, -0.25) is 4.79 Å². The second-order valence-electron chi connectivity index (χ2n) is 4.78. The molecule has 0 atom stereocenters. The van der Waals surface area contributed by atoms with Crippen LogP contribution in [0.25, 0.3) is 0 Å². The summed E-state index contributed by atoms with van der Waals surface area (Å²) in [6.45, 7) is 1.84. The predicted molar refractivity (Wildman–Crippen MR) is 90.3 cm³/mol. The van der Waals surface area contributed by atoms with E-state index < -0.39 is 5.97 Å². The maximum atomic E-state index is 12.6. The van der Waals surface area contributed by atoms with Crippen LogP contribution in [0.5, 0.6) is 0 Å². The van der Waals surface area contributed by atoms with Crippen molar-refractivity contribution in [3.05, 3.63) is 77.5 Å². The molecular weight excluding hydrogens is 304 g/mol. The number of carbonyl (C=O) groups excluding carboxylic acids is 2. The van der Waals surface area contributed by atoms with Gasteiger partial charge in [-0.15, -0.1) is 0 Å². The van der Waals surface area contributed by atoms with E-state index >= 15 is 0 Å². The second kappa shape index (κ2) is 8.30. The molecule has 5 heteroatoms.